The van der Waals surface area contributed by atoms with Gasteiger partial charge in [0, 0.05) is 28.7 Å². The van der Waals surface area contributed by atoms with E-state index in [-0.39, 0.29) is 11.5 Å². The highest BCUT2D eigenvalue weighted by Gasteiger charge is 2.41. The predicted octanol–water partition coefficient (Wildman–Crippen LogP) is 6.84. The first-order chi connectivity index (χ1) is 19.4. The van der Waals surface area contributed by atoms with Gasteiger partial charge in [0.2, 0.25) is 0 Å². The van der Waals surface area contributed by atoms with Gasteiger partial charge >= 0.3 is 5.97 Å². The van der Waals surface area contributed by atoms with Gasteiger partial charge in [0.1, 0.15) is 5.75 Å². The number of methoxy groups -OCH3 is 1. The number of carbonyl (C=O) groups is 2. The second kappa shape index (κ2) is 10.5. The van der Waals surface area contributed by atoms with Crippen LogP contribution in [0.1, 0.15) is 49.0 Å². The second-order valence-electron chi connectivity index (χ2n) is 9.80. The number of nitrogens with one attached hydrogen (secondary N) is 1. The molecule has 2 N–H and O–H groups in total. The van der Waals surface area contributed by atoms with Crippen molar-refractivity contribution in [2.75, 3.05) is 19.0 Å². The Balaban J connectivity index is 1.47. The fourth-order valence-corrected chi connectivity index (χ4v) is 6.11. The van der Waals surface area contributed by atoms with Gasteiger partial charge in [-0.1, -0.05) is 48.5 Å². The van der Waals surface area contributed by atoms with Crippen molar-refractivity contribution in [1.29, 1.82) is 0 Å². The lowest BCUT2D eigenvalue weighted by Gasteiger charge is -2.28. The number of ether oxygens (including phenoxy) is 1. The Bertz CT molecular complexity index is 1750. The van der Waals surface area contributed by atoms with Crippen LogP contribution in [0.3, 0.4) is 0 Å². The molecule has 0 saturated carbocycles. The van der Waals surface area contributed by atoms with Gasteiger partial charge in [-0.3, -0.25) is 4.79 Å². The van der Waals surface area contributed by atoms with Crippen molar-refractivity contribution < 1.29 is 19.4 Å². The average Bonchev–Trinajstić information content (AvgIpc) is 3.50. The van der Waals surface area contributed by atoms with E-state index in [9.17, 15) is 14.7 Å². The Kier molecular flexibility index (Phi) is 6.69. The van der Waals surface area contributed by atoms with Crippen LogP contribution in [-0.4, -0.2) is 39.9 Å². The van der Waals surface area contributed by atoms with Crippen molar-refractivity contribution in [2.45, 2.75) is 19.4 Å². The molecule has 7 nitrogen and oxygen atoms in total. The molecule has 0 bridgehead atoms. The largest absolute Gasteiger partial charge is 0.497 e. The Morgan fingerprint density at radius 2 is 1.80 bits per heavy atom. The summed E-state index contributed by atoms with van der Waals surface area (Å²) in [7, 11) is 1.63. The monoisotopic (exact) mass is 549 g/mol. The van der Waals surface area contributed by atoms with Crippen LogP contribution in [0.15, 0.2) is 84.9 Å². The Labute approximate surface area is 235 Å². The van der Waals surface area contributed by atoms with Crippen LogP contribution in [0.5, 0.6) is 5.75 Å². The van der Waals surface area contributed by atoms with Gasteiger partial charge in [0.15, 0.2) is 5.82 Å². The van der Waals surface area contributed by atoms with E-state index in [0.29, 0.717) is 30.0 Å². The maximum Gasteiger partial charge on any atom is 0.335 e. The van der Waals surface area contributed by atoms with E-state index in [1.807, 2.05) is 84.6 Å². The molecule has 6 rings (SSSR count). The highest BCUT2D eigenvalue weighted by Crippen LogP contribution is 2.45. The van der Waals surface area contributed by atoms with Gasteiger partial charge in [-0.05, 0) is 78.0 Å². The summed E-state index contributed by atoms with van der Waals surface area (Å²) in [6, 6.07) is 26.4. The molecule has 1 unspecified atom stereocenters. The van der Waals surface area contributed by atoms with Crippen LogP contribution < -0.4 is 10.1 Å². The third kappa shape index (κ3) is 4.56. The van der Waals surface area contributed by atoms with Gasteiger partial charge < -0.3 is 20.1 Å². The molecule has 1 aliphatic rings. The molecule has 0 aliphatic carbocycles. The fraction of sp³-hybridized carbons (Fsp3) is 0.156. The van der Waals surface area contributed by atoms with Crippen molar-refractivity contribution in [3.8, 4) is 5.75 Å². The van der Waals surface area contributed by atoms with Crippen LogP contribution in [0, 0.1) is 6.92 Å². The van der Waals surface area contributed by atoms with Crippen LogP contribution in [0.25, 0.3) is 10.1 Å². The molecular weight excluding hydrogens is 522 g/mol. The lowest BCUT2D eigenvalue weighted by Crippen LogP contribution is -2.31. The van der Waals surface area contributed by atoms with Crippen LogP contribution in [0.4, 0.5) is 11.5 Å². The summed E-state index contributed by atoms with van der Waals surface area (Å²) in [4.78, 5) is 28.0. The lowest BCUT2D eigenvalue weighted by molar-refractivity contribution is 0.0696. The molecule has 4 aromatic carbocycles. The van der Waals surface area contributed by atoms with Crippen molar-refractivity contribution >= 4 is 45.0 Å². The SMILES string of the molecule is COc1ccc(CCN2C(=O)c3cc(C(=O)O)cc(Nc4nsc5ccccc45)c3C2c2ccccc2C)cc1. The quantitative estimate of drug-likeness (QED) is 0.220. The zero-order chi connectivity index (χ0) is 27.8. The molecule has 200 valence electrons. The Morgan fingerprint density at radius 1 is 1.05 bits per heavy atom. The highest BCUT2D eigenvalue weighted by molar-refractivity contribution is 7.13. The van der Waals surface area contributed by atoms with Crippen molar-refractivity contribution in [3.05, 3.63) is 118 Å². The summed E-state index contributed by atoms with van der Waals surface area (Å²) in [5.74, 6) is 0.132. The first-order valence-corrected chi connectivity index (χ1v) is 13.7. The second-order valence-corrected chi connectivity index (χ2v) is 10.6. The van der Waals surface area contributed by atoms with Crippen LogP contribution >= 0.6 is 11.5 Å². The maximum absolute atomic E-state index is 14.0. The van der Waals surface area contributed by atoms with E-state index >= 15 is 0 Å². The van der Waals surface area contributed by atoms with E-state index in [1.54, 1.807) is 13.2 Å². The minimum Gasteiger partial charge on any atom is -0.497 e. The fourth-order valence-electron chi connectivity index (χ4n) is 5.37. The van der Waals surface area contributed by atoms with Crippen LogP contribution in [-0.2, 0) is 6.42 Å². The third-order valence-electron chi connectivity index (χ3n) is 7.42. The average molecular weight is 550 g/mol. The first kappa shape index (κ1) is 25.6. The smallest absolute Gasteiger partial charge is 0.335 e. The van der Waals surface area contributed by atoms with E-state index in [0.717, 1.165) is 38.1 Å². The summed E-state index contributed by atoms with van der Waals surface area (Å²) in [5.41, 5.74) is 4.90. The minimum absolute atomic E-state index is 0.0506. The number of anilines is 2. The Hall–Kier alpha value is -4.69. The number of benzene rings is 4. The number of carboxylic acid groups (broad SMARTS) is 1. The molecule has 0 radical (unpaired) electrons. The van der Waals surface area contributed by atoms with Crippen molar-refractivity contribution in [3.63, 3.8) is 0 Å². The summed E-state index contributed by atoms with van der Waals surface area (Å²) >= 11 is 1.37. The van der Waals surface area contributed by atoms with Crippen molar-refractivity contribution in [1.82, 2.24) is 9.27 Å². The van der Waals surface area contributed by atoms with Gasteiger partial charge in [-0.25, -0.2) is 4.79 Å². The normalized spacial score (nSPS) is 14.4. The number of fused-ring (bicyclic) bond motifs is 2. The number of aromatic nitrogens is 1. The molecule has 5 aromatic rings. The topological polar surface area (TPSA) is 91.8 Å². The number of hydrogen-bond donors (Lipinski definition) is 2. The summed E-state index contributed by atoms with van der Waals surface area (Å²) in [5, 5.41) is 14.3. The third-order valence-corrected chi connectivity index (χ3v) is 8.24. The summed E-state index contributed by atoms with van der Waals surface area (Å²) < 4.78 is 10.9. The van der Waals surface area contributed by atoms with E-state index < -0.39 is 12.0 Å². The molecule has 40 heavy (non-hydrogen) atoms. The molecule has 1 atom stereocenters. The minimum atomic E-state index is -1.09. The van der Waals surface area contributed by atoms with E-state index in [2.05, 4.69) is 9.69 Å². The zero-order valence-corrected chi connectivity index (χ0v) is 22.9. The lowest BCUT2D eigenvalue weighted by atomic mass is 9.92. The number of rotatable bonds is 8. The van der Waals surface area contributed by atoms with Gasteiger partial charge in [-0.15, -0.1) is 0 Å². The molecule has 0 spiro atoms. The number of hydrogen-bond acceptors (Lipinski definition) is 6. The number of amides is 1. The molecule has 1 aromatic heterocycles. The molecule has 2 heterocycles. The molecule has 1 aliphatic heterocycles. The summed E-state index contributed by atoms with van der Waals surface area (Å²) in [6.45, 7) is 2.49. The van der Waals surface area contributed by atoms with Crippen LogP contribution in [0.2, 0.25) is 0 Å². The zero-order valence-electron chi connectivity index (χ0n) is 22.0. The van der Waals surface area contributed by atoms with E-state index in [1.165, 1.54) is 17.6 Å². The summed E-state index contributed by atoms with van der Waals surface area (Å²) in [6.07, 6.45) is 0.636. The van der Waals surface area contributed by atoms with Crippen molar-refractivity contribution in [2.24, 2.45) is 0 Å². The van der Waals surface area contributed by atoms with E-state index in [4.69, 9.17) is 4.74 Å². The number of nitrogens with zero attached hydrogens (tertiary/aromatic N) is 2. The number of carbonyl (C=O) groups excluding carboxylic acids is 1. The number of carboxylic acids is 1. The molecule has 1 amide bonds. The van der Waals surface area contributed by atoms with Gasteiger partial charge in [0.05, 0.1) is 23.4 Å². The highest BCUT2D eigenvalue weighted by atomic mass is 32.1. The number of aryl methyl sites for hydroxylation is 1. The Morgan fingerprint density at radius 3 is 2.55 bits per heavy atom. The van der Waals surface area contributed by atoms with Gasteiger partial charge in [0.25, 0.3) is 5.91 Å². The molecule has 0 saturated heterocycles. The predicted molar refractivity (Wildman–Crippen MR) is 157 cm³/mol. The standard InChI is InChI=1S/C32H27N3O4S/c1-19-7-3-4-8-23(19)29-28-25(31(36)35(29)16-15-20-11-13-22(39-2)14-12-20)17-21(32(37)38)18-26(28)33-30-24-9-5-6-10-27(24)40-34-30/h3-14,17-18,29H,15-16H2,1-2H3,(H,33,34)(H,37,38). The molecule has 0 fully saturated rings. The maximum atomic E-state index is 14.0. The molecule has 8 heteroatoms. The number of aromatic carboxylic acids is 1. The molecular formula is C32H27N3O4S. The van der Waals surface area contributed by atoms with Gasteiger partial charge in [-0.2, -0.15) is 4.37 Å². The first-order valence-electron chi connectivity index (χ1n) is 13.0.